The van der Waals surface area contributed by atoms with Crippen LogP contribution in [0.1, 0.15) is 0 Å². The van der Waals surface area contributed by atoms with E-state index in [2.05, 4.69) is 25.4 Å². The van der Waals surface area contributed by atoms with Gasteiger partial charge in [-0.15, -0.1) is 5.10 Å². The maximum Gasteiger partial charge on any atom is 0.249 e. The molecule has 1 aliphatic heterocycles. The Morgan fingerprint density at radius 2 is 2.10 bits per heavy atom. The summed E-state index contributed by atoms with van der Waals surface area (Å²) in [5.41, 5.74) is 0.589. The molecule has 1 aliphatic rings. The number of morpholine rings is 1. The van der Waals surface area contributed by atoms with Crippen LogP contribution in [-0.4, -0.2) is 41.5 Å². The molecule has 0 unspecified atom stereocenters. The van der Waals surface area contributed by atoms with Gasteiger partial charge in [-0.25, -0.2) is 4.39 Å². The molecule has 1 saturated heterocycles. The van der Waals surface area contributed by atoms with E-state index in [1.54, 1.807) is 18.3 Å². The third-order valence-corrected chi connectivity index (χ3v) is 2.96. The Morgan fingerprint density at radius 1 is 1.25 bits per heavy atom. The van der Waals surface area contributed by atoms with Gasteiger partial charge in [0, 0.05) is 18.8 Å². The molecule has 0 spiro atoms. The lowest BCUT2D eigenvalue weighted by Crippen LogP contribution is -2.36. The van der Waals surface area contributed by atoms with E-state index >= 15 is 0 Å². The maximum atomic E-state index is 13.1. The third-order valence-electron chi connectivity index (χ3n) is 2.96. The zero-order valence-electron chi connectivity index (χ0n) is 10.8. The van der Waals surface area contributed by atoms with Crippen LogP contribution in [0.5, 0.6) is 0 Å². The van der Waals surface area contributed by atoms with E-state index < -0.39 is 0 Å². The lowest BCUT2D eigenvalue weighted by Gasteiger charge is -2.27. The van der Waals surface area contributed by atoms with E-state index in [4.69, 9.17) is 4.74 Å². The van der Waals surface area contributed by atoms with E-state index in [0.29, 0.717) is 24.8 Å². The monoisotopic (exact) mass is 275 g/mol. The molecule has 20 heavy (non-hydrogen) atoms. The second-order valence-corrected chi connectivity index (χ2v) is 4.37. The van der Waals surface area contributed by atoms with E-state index in [0.717, 1.165) is 18.9 Å². The molecule has 2 heterocycles. The highest BCUT2D eigenvalue weighted by atomic mass is 19.1. The summed E-state index contributed by atoms with van der Waals surface area (Å²) in [6.45, 7) is 2.91. The number of nitrogens with zero attached hydrogens (tertiary/aromatic N) is 4. The Hall–Kier alpha value is -2.28. The number of halogens is 1. The summed E-state index contributed by atoms with van der Waals surface area (Å²) in [6, 6.07) is 6.13. The smallest absolute Gasteiger partial charge is 0.249 e. The second kappa shape index (κ2) is 5.79. The zero-order valence-corrected chi connectivity index (χ0v) is 10.8. The average molecular weight is 275 g/mol. The highest BCUT2D eigenvalue weighted by Crippen LogP contribution is 2.16. The van der Waals surface area contributed by atoms with Crippen LogP contribution in [0.15, 0.2) is 30.5 Å². The summed E-state index contributed by atoms with van der Waals surface area (Å²) >= 11 is 0. The second-order valence-electron chi connectivity index (χ2n) is 4.37. The largest absolute Gasteiger partial charge is 0.378 e. The van der Waals surface area contributed by atoms with E-state index in [-0.39, 0.29) is 5.82 Å². The first kappa shape index (κ1) is 12.7. The van der Waals surface area contributed by atoms with Gasteiger partial charge in [0.05, 0.1) is 19.4 Å². The Bertz CT molecular complexity index is 588. The van der Waals surface area contributed by atoms with Crippen molar-refractivity contribution in [2.24, 2.45) is 0 Å². The van der Waals surface area contributed by atoms with Crippen molar-refractivity contribution in [2.45, 2.75) is 0 Å². The molecule has 0 amide bonds. The quantitative estimate of drug-likeness (QED) is 0.917. The fourth-order valence-electron chi connectivity index (χ4n) is 1.99. The normalized spacial score (nSPS) is 15.2. The van der Waals surface area contributed by atoms with Crippen LogP contribution >= 0.6 is 0 Å². The van der Waals surface area contributed by atoms with Gasteiger partial charge in [0.2, 0.25) is 5.95 Å². The van der Waals surface area contributed by atoms with Crippen molar-refractivity contribution in [1.82, 2.24) is 15.2 Å². The first-order chi connectivity index (χ1) is 9.81. The van der Waals surface area contributed by atoms with Gasteiger partial charge >= 0.3 is 0 Å². The highest BCUT2D eigenvalue weighted by Gasteiger charge is 2.13. The molecule has 3 rings (SSSR count). The Labute approximate surface area is 115 Å². The van der Waals surface area contributed by atoms with Crippen molar-refractivity contribution in [3.63, 3.8) is 0 Å². The summed E-state index contributed by atoms with van der Waals surface area (Å²) in [6.07, 6.45) is 1.61. The molecule has 7 heteroatoms. The molecular formula is C13H14FN5O. The highest BCUT2D eigenvalue weighted by molar-refractivity contribution is 5.54. The van der Waals surface area contributed by atoms with Gasteiger partial charge in [0.1, 0.15) is 5.82 Å². The van der Waals surface area contributed by atoms with E-state index in [1.807, 2.05) is 0 Å². The molecule has 0 bridgehead atoms. The molecule has 104 valence electrons. The van der Waals surface area contributed by atoms with Crippen LogP contribution in [0.4, 0.5) is 21.8 Å². The van der Waals surface area contributed by atoms with Gasteiger partial charge in [0.15, 0.2) is 5.82 Å². The van der Waals surface area contributed by atoms with Gasteiger partial charge in [-0.05, 0) is 18.2 Å². The van der Waals surface area contributed by atoms with Crippen molar-refractivity contribution >= 4 is 17.5 Å². The Balaban J connectivity index is 1.77. The molecule has 0 radical (unpaired) electrons. The molecule has 0 saturated carbocycles. The van der Waals surface area contributed by atoms with E-state index in [1.165, 1.54) is 12.1 Å². The van der Waals surface area contributed by atoms with Crippen molar-refractivity contribution in [3.05, 3.63) is 36.3 Å². The van der Waals surface area contributed by atoms with Crippen LogP contribution in [0.25, 0.3) is 0 Å². The number of hydrogen-bond donors (Lipinski definition) is 1. The van der Waals surface area contributed by atoms with Crippen molar-refractivity contribution in [2.75, 3.05) is 36.5 Å². The first-order valence-electron chi connectivity index (χ1n) is 6.36. The number of hydrogen-bond acceptors (Lipinski definition) is 6. The predicted octanol–water partition coefficient (Wildman–Crippen LogP) is 1.59. The zero-order chi connectivity index (χ0) is 13.8. The van der Waals surface area contributed by atoms with Gasteiger partial charge in [0.25, 0.3) is 0 Å². The van der Waals surface area contributed by atoms with Crippen molar-refractivity contribution in [3.8, 4) is 0 Å². The molecule has 1 N–H and O–H groups in total. The van der Waals surface area contributed by atoms with Crippen LogP contribution in [0, 0.1) is 5.82 Å². The standard InChI is InChI=1S/C13H14FN5O/c14-10-2-1-3-11(8-10)16-13-17-12(9-15-18-13)19-4-6-20-7-5-19/h1-3,8-9H,4-7H2,(H,16,17,18). The fourth-order valence-corrected chi connectivity index (χ4v) is 1.99. The first-order valence-corrected chi connectivity index (χ1v) is 6.36. The summed E-state index contributed by atoms with van der Waals surface area (Å²) < 4.78 is 18.4. The molecular weight excluding hydrogens is 261 g/mol. The molecule has 1 aromatic heterocycles. The lowest BCUT2D eigenvalue weighted by atomic mass is 10.3. The minimum absolute atomic E-state index is 0.313. The molecule has 0 atom stereocenters. The maximum absolute atomic E-state index is 13.1. The van der Waals surface area contributed by atoms with Gasteiger partial charge < -0.3 is 15.0 Å². The van der Waals surface area contributed by atoms with Crippen LogP contribution in [0.3, 0.4) is 0 Å². The van der Waals surface area contributed by atoms with Crippen LogP contribution in [0.2, 0.25) is 0 Å². The van der Waals surface area contributed by atoms with Gasteiger partial charge in [-0.1, -0.05) is 6.07 Å². The summed E-state index contributed by atoms with van der Waals surface area (Å²) in [5.74, 6) is 0.772. The van der Waals surface area contributed by atoms with Crippen LogP contribution < -0.4 is 10.2 Å². The van der Waals surface area contributed by atoms with Gasteiger partial charge in [-0.2, -0.15) is 10.1 Å². The molecule has 1 aromatic carbocycles. The van der Waals surface area contributed by atoms with Gasteiger partial charge in [-0.3, -0.25) is 0 Å². The topological polar surface area (TPSA) is 63.2 Å². The Morgan fingerprint density at radius 3 is 2.90 bits per heavy atom. The molecule has 6 nitrogen and oxygen atoms in total. The van der Waals surface area contributed by atoms with E-state index in [9.17, 15) is 4.39 Å². The number of nitrogens with one attached hydrogen (secondary N) is 1. The summed E-state index contributed by atoms with van der Waals surface area (Å²) in [7, 11) is 0. The molecule has 0 aliphatic carbocycles. The fraction of sp³-hybridized carbons (Fsp3) is 0.308. The molecule has 2 aromatic rings. The number of rotatable bonds is 3. The predicted molar refractivity (Wildman–Crippen MR) is 72.5 cm³/mol. The number of benzene rings is 1. The summed E-state index contributed by atoms with van der Waals surface area (Å²) in [5, 5.41) is 10.8. The lowest BCUT2D eigenvalue weighted by molar-refractivity contribution is 0.122. The average Bonchev–Trinajstić information content (AvgIpc) is 2.48. The Kier molecular flexibility index (Phi) is 3.69. The number of aromatic nitrogens is 3. The van der Waals surface area contributed by atoms with Crippen molar-refractivity contribution in [1.29, 1.82) is 0 Å². The number of anilines is 3. The summed E-state index contributed by atoms with van der Waals surface area (Å²) in [4.78, 5) is 6.46. The molecule has 1 fully saturated rings. The minimum Gasteiger partial charge on any atom is -0.378 e. The SMILES string of the molecule is Fc1cccc(Nc2nncc(N3CCOCC3)n2)c1. The third kappa shape index (κ3) is 3.00. The van der Waals surface area contributed by atoms with Crippen molar-refractivity contribution < 1.29 is 9.13 Å². The van der Waals surface area contributed by atoms with Crippen LogP contribution in [-0.2, 0) is 4.74 Å². The minimum atomic E-state index is -0.313. The number of ether oxygens (including phenoxy) is 1.